The fourth-order valence-electron chi connectivity index (χ4n) is 4.90. The molecule has 3 aliphatic rings. The topological polar surface area (TPSA) is 70.9 Å². The summed E-state index contributed by atoms with van der Waals surface area (Å²) in [5.74, 6) is 0. The Morgan fingerprint density at radius 2 is 1.96 bits per heavy atom. The molecule has 9 heteroatoms. The number of hydrogen-bond donors (Lipinski definition) is 0. The zero-order chi connectivity index (χ0) is 18.4. The summed E-state index contributed by atoms with van der Waals surface area (Å²) in [6, 6.07) is 0.971. The summed E-state index contributed by atoms with van der Waals surface area (Å²) in [6.07, 6.45) is 9.89. The molecule has 26 heavy (non-hydrogen) atoms. The van der Waals surface area contributed by atoms with Crippen LogP contribution in [0.1, 0.15) is 25.7 Å². The van der Waals surface area contributed by atoms with Crippen molar-refractivity contribution in [3.63, 3.8) is 0 Å². The average Bonchev–Trinajstić information content (AvgIpc) is 3.20. The Labute approximate surface area is 155 Å². The lowest BCUT2D eigenvalue weighted by molar-refractivity contribution is -0.136. The standard InChI is InChI=1S/C17H29N5O3S/c1-19(2)26(23,24)21-9-10-25-17(13-21)11-15-3-4-16(12-17)22(15)8-7-20-6-5-18-14-20/h5-6,14-16H,3-4,7-13H2,1-2H3/t15-,16+,17?. The maximum atomic E-state index is 12.6. The molecule has 146 valence electrons. The number of rotatable bonds is 5. The van der Waals surface area contributed by atoms with Crippen LogP contribution in [0.5, 0.6) is 0 Å². The molecule has 4 rings (SSSR count). The van der Waals surface area contributed by atoms with Crippen molar-refractivity contribution in [2.45, 2.75) is 49.9 Å². The summed E-state index contributed by atoms with van der Waals surface area (Å²) < 4.78 is 36.4. The van der Waals surface area contributed by atoms with Crippen LogP contribution in [0.3, 0.4) is 0 Å². The van der Waals surface area contributed by atoms with Gasteiger partial charge in [-0.1, -0.05) is 0 Å². The molecule has 2 bridgehead atoms. The molecule has 1 aromatic heterocycles. The van der Waals surface area contributed by atoms with Gasteiger partial charge < -0.3 is 9.30 Å². The lowest BCUT2D eigenvalue weighted by Crippen LogP contribution is -2.61. The first kappa shape index (κ1) is 18.4. The van der Waals surface area contributed by atoms with Gasteiger partial charge in [-0.15, -0.1) is 0 Å². The third-order valence-corrected chi connectivity index (χ3v) is 8.05. The van der Waals surface area contributed by atoms with Crippen molar-refractivity contribution < 1.29 is 13.2 Å². The number of nitrogens with zero attached hydrogens (tertiary/aromatic N) is 5. The van der Waals surface area contributed by atoms with Gasteiger partial charge in [0.1, 0.15) is 0 Å². The van der Waals surface area contributed by atoms with Gasteiger partial charge in [0.2, 0.25) is 0 Å². The number of hydrogen-bond acceptors (Lipinski definition) is 5. The van der Waals surface area contributed by atoms with Gasteiger partial charge >= 0.3 is 0 Å². The van der Waals surface area contributed by atoms with Crippen LogP contribution in [0.2, 0.25) is 0 Å². The van der Waals surface area contributed by atoms with Crippen molar-refractivity contribution >= 4 is 10.2 Å². The van der Waals surface area contributed by atoms with Crippen molar-refractivity contribution in [1.29, 1.82) is 0 Å². The van der Waals surface area contributed by atoms with Crippen LogP contribution in [-0.2, 0) is 21.5 Å². The molecule has 3 saturated heterocycles. The molecule has 0 amide bonds. The first-order valence-corrected chi connectivity index (χ1v) is 10.8. The highest BCUT2D eigenvalue weighted by Gasteiger charge is 2.52. The molecule has 3 atom stereocenters. The van der Waals surface area contributed by atoms with Gasteiger partial charge in [-0.25, -0.2) is 4.98 Å². The monoisotopic (exact) mass is 383 g/mol. The summed E-state index contributed by atoms with van der Waals surface area (Å²) in [5.41, 5.74) is -0.321. The van der Waals surface area contributed by atoms with E-state index >= 15 is 0 Å². The average molecular weight is 384 g/mol. The second kappa shape index (κ2) is 6.87. The van der Waals surface area contributed by atoms with Crippen LogP contribution >= 0.6 is 0 Å². The van der Waals surface area contributed by atoms with E-state index in [1.54, 1.807) is 18.4 Å². The Bertz CT molecular complexity index is 707. The maximum Gasteiger partial charge on any atom is 0.281 e. The van der Waals surface area contributed by atoms with E-state index in [0.29, 0.717) is 31.8 Å². The van der Waals surface area contributed by atoms with E-state index in [0.717, 1.165) is 25.9 Å². The molecule has 0 N–H and O–H groups in total. The number of ether oxygens (including phenoxy) is 1. The maximum absolute atomic E-state index is 12.6. The number of aromatic nitrogens is 2. The highest BCUT2D eigenvalue weighted by molar-refractivity contribution is 7.86. The van der Waals surface area contributed by atoms with Crippen LogP contribution in [-0.4, -0.2) is 89.5 Å². The third kappa shape index (κ3) is 3.31. The first-order chi connectivity index (χ1) is 12.4. The molecule has 0 radical (unpaired) electrons. The number of fused-ring (bicyclic) bond motifs is 2. The van der Waals surface area contributed by atoms with Crippen molar-refractivity contribution in [3.05, 3.63) is 18.7 Å². The molecule has 0 aliphatic carbocycles. The van der Waals surface area contributed by atoms with E-state index in [1.807, 2.05) is 18.7 Å². The summed E-state index contributed by atoms with van der Waals surface area (Å²) in [7, 11) is -0.186. The number of imidazole rings is 1. The van der Waals surface area contributed by atoms with Crippen LogP contribution in [0, 0.1) is 0 Å². The molecule has 3 aliphatic heterocycles. The molecule has 8 nitrogen and oxygen atoms in total. The first-order valence-electron chi connectivity index (χ1n) is 9.43. The molecule has 1 unspecified atom stereocenters. The summed E-state index contributed by atoms with van der Waals surface area (Å²) in [5, 5.41) is 0. The normalized spacial score (nSPS) is 33.3. The van der Waals surface area contributed by atoms with Gasteiger partial charge in [0.05, 0.1) is 18.5 Å². The van der Waals surface area contributed by atoms with Crippen molar-refractivity contribution in [1.82, 2.24) is 23.1 Å². The Hall–Kier alpha value is -1.00. The van der Waals surface area contributed by atoms with E-state index in [1.165, 1.54) is 17.1 Å². The smallest absolute Gasteiger partial charge is 0.281 e. The molecule has 0 saturated carbocycles. The highest BCUT2D eigenvalue weighted by Crippen LogP contribution is 2.44. The van der Waals surface area contributed by atoms with Gasteiger partial charge in [0, 0.05) is 64.8 Å². The minimum atomic E-state index is -3.38. The van der Waals surface area contributed by atoms with Crippen LogP contribution in [0.25, 0.3) is 0 Å². The van der Waals surface area contributed by atoms with E-state index < -0.39 is 10.2 Å². The third-order valence-electron chi connectivity index (χ3n) is 6.16. The molecule has 0 aromatic carbocycles. The zero-order valence-corrected chi connectivity index (χ0v) is 16.4. The molecular formula is C17H29N5O3S. The summed E-state index contributed by atoms with van der Waals surface area (Å²) in [4.78, 5) is 6.72. The van der Waals surface area contributed by atoms with Gasteiger partial charge in [-0.05, 0) is 25.7 Å². The van der Waals surface area contributed by atoms with Crippen molar-refractivity contribution in [3.8, 4) is 0 Å². The van der Waals surface area contributed by atoms with Gasteiger partial charge in [0.25, 0.3) is 10.2 Å². The van der Waals surface area contributed by atoms with Crippen LogP contribution < -0.4 is 0 Å². The number of piperidine rings is 1. The molecule has 4 heterocycles. The molecule has 1 spiro atoms. The highest BCUT2D eigenvalue weighted by atomic mass is 32.2. The summed E-state index contributed by atoms with van der Waals surface area (Å²) >= 11 is 0. The van der Waals surface area contributed by atoms with Crippen molar-refractivity contribution in [2.24, 2.45) is 0 Å². The van der Waals surface area contributed by atoms with Gasteiger partial charge in [0.15, 0.2) is 0 Å². The van der Waals surface area contributed by atoms with Gasteiger partial charge in [-0.2, -0.15) is 17.0 Å². The van der Waals surface area contributed by atoms with E-state index in [2.05, 4.69) is 14.5 Å². The zero-order valence-electron chi connectivity index (χ0n) is 15.6. The Morgan fingerprint density at radius 3 is 2.58 bits per heavy atom. The minimum absolute atomic E-state index is 0.321. The van der Waals surface area contributed by atoms with E-state index in [-0.39, 0.29) is 5.60 Å². The van der Waals surface area contributed by atoms with E-state index in [9.17, 15) is 8.42 Å². The lowest BCUT2D eigenvalue weighted by Gasteiger charge is -2.50. The Morgan fingerprint density at radius 1 is 1.23 bits per heavy atom. The molecule has 1 aromatic rings. The SMILES string of the molecule is CN(C)S(=O)(=O)N1CCOC2(C[C@H]3CC[C@@H](C2)N3CCn2ccnc2)C1. The summed E-state index contributed by atoms with van der Waals surface area (Å²) in [6.45, 7) is 3.38. The van der Waals surface area contributed by atoms with Crippen LogP contribution in [0.15, 0.2) is 18.7 Å². The molecule has 3 fully saturated rings. The second-order valence-electron chi connectivity index (χ2n) is 7.99. The Kier molecular flexibility index (Phi) is 4.85. The number of morpholine rings is 1. The van der Waals surface area contributed by atoms with Gasteiger partial charge in [-0.3, -0.25) is 4.90 Å². The fraction of sp³-hybridized carbons (Fsp3) is 0.824. The predicted molar refractivity (Wildman–Crippen MR) is 97.8 cm³/mol. The minimum Gasteiger partial charge on any atom is -0.372 e. The van der Waals surface area contributed by atoms with E-state index in [4.69, 9.17) is 4.74 Å². The largest absolute Gasteiger partial charge is 0.372 e. The van der Waals surface area contributed by atoms with Crippen LogP contribution in [0.4, 0.5) is 0 Å². The Balaban J connectivity index is 1.44. The fourth-order valence-corrected chi connectivity index (χ4v) is 6.06. The molecular weight excluding hydrogens is 354 g/mol. The predicted octanol–water partition coefficient (Wildman–Crippen LogP) is 0.387. The van der Waals surface area contributed by atoms with Crippen molar-refractivity contribution in [2.75, 3.05) is 40.3 Å². The lowest BCUT2D eigenvalue weighted by atomic mass is 9.85. The second-order valence-corrected chi connectivity index (χ2v) is 10.1. The quantitative estimate of drug-likeness (QED) is 0.736.